The van der Waals surface area contributed by atoms with Crippen molar-refractivity contribution in [3.8, 4) is 0 Å². The van der Waals surface area contributed by atoms with Crippen LogP contribution in [0.15, 0.2) is 6.20 Å². The van der Waals surface area contributed by atoms with Crippen molar-refractivity contribution >= 4 is 11.9 Å². The van der Waals surface area contributed by atoms with Crippen LogP contribution in [0.25, 0.3) is 0 Å². The van der Waals surface area contributed by atoms with E-state index in [0.717, 1.165) is 5.69 Å². The molecule has 3 N–H and O–H groups in total. The Kier molecular flexibility index (Phi) is 5.83. The number of amides is 3. The molecule has 0 bridgehead atoms. The standard InChI is InChI=1S/C13H24N6O2/c1-9(2)14-6-10-7-19(18-17-10)8-11(20)15-12(21)16-13(3,4)5/h7,9,14H,6,8H2,1-5H3,(H2,15,16,20,21). The number of carbonyl (C=O) groups excluding carboxylic acids is 2. The maximum Gasteiger partial charge on any atom is 0.321 e. The molecule has 8 nitrogen and oxygen atoms in total. The Balaban J connectivity index is 2.43. The van der Waals surface area contributed by atoms with Gasteiger partial charge in [0.25, 0.3) is 0 Å². The van der Waals surface area contributed by atoms with Crippen LogP contribution < -0.4 is 16.0 Å². The summed E-state index contributed by atoms with van der Waals surface area (Å²) in [6.07, 6.45) is 1.68. The van der Waals surface area contributed by atoms with E-state index in [4.69, 9.17) is 0 Å². The zero-order valence-corrected chi connectivity index (χ0v) is 13.2. The summed E-state index contributed by atoms with van der Waals surface area (Å²) >= 11 is 0. The maximum atomic E-state index is 11.7. The molecule has 1 aromatic heterocycles. The van der Waals surface area contributed by atoms with Crippen molar-refractivity contribution in [3.63, 3.8) is 0 Å². The lowest BCUT2D eigenvalue weighted by Crippen LogP contribution is -2.48. The van der Waals surface area contributed by atoms with Crippen molar-refractivity contribution in [3.05, 3.63) is 11.9 Å². The molecule has 0 aliphatic heterocycles. The first kappa shape index (κ1) is 17.1. The number of carbonyl (C=O) groups is 2. The second-order valence-electron chi connectivity index (χ2n) is 6.20. The van der Waals surface area contributed by atoms with Crippen LogP contribution >= 0.6 is 0 Å². The summed E-state index contributed by atoms with van der Waals surface area (Å²) in [7, 11) is 0. The zero-order chi connectivity index (χ0) is 16.0. The molecule has 0 spiro atoms. The molecule has 0 radical (unpaired) electrons. The summed E-state index contributed by atoms with van der Waals surface area (Å²) in [4.78, 5) is 23.3. The van der Waals surface area contributed by atoms with Crippen molar-refractivity contribution in [2.24, 2.45) is 0 Å². The lowest BCUT2D eigenvalue weighted by Gasteiger charge is -2.20. The van der Waals surface area contributed by atoms with Crippen LogP contribution in [0.3, 0.4) is 0 Å². The van der Waals surface area contributed by atoms with E-state index in [1.165, 1.54) is 4.68 Å². The Labute approximate surface area is 124 Å². The molecular weight excluding hydrogens is 272 g/mol. The summed E-state index contributed by atoms with van der Waals surface area (Å²) in [6.45, 7) is 10.1. The Morgan fingerprint density at radius 2 is 2.00 bits per heavy atom. The predicted octanol–water partition coefficient (Wildman–Crippen LogP) is 0.400. The fourth-order valence-corrected chi connectivity index (χ4v) is 1.49. The summed E-state index contributed by atoms with van der Waals surface area (Å²) in [6, 6.07) is -0.172. The summed E-state index contributed by atoms with van der Waals surface area (Å²) in [5, 5.41) is 15.9. The quantitative estimate of drug-likeness (QED) is 0.730. The largest absolute Gasteiger partial charge is 0.333 e. The zero-order valence-electron chi connectivity index (χ0n) is 13.2. The van der Waals surface area contributed by atoms with E-state index in [2.05, 4.69) is 26.3 Å². The van der Waals surface area contributed by atoms with Gasteiger partial charge in [-0.3, -0.25) is 10.1 Å². The summed E-state index contributed by atoms with van der Waals surface area (Å²) in [5.74, 6) is -0.440. The molecule has 0 saturated heterocycles. The van der Waals surface area contributed by atoms with Crippen LogP contribution in [0.2, 0.25) is 0 Å². The smallest absolute Gasteiger partial charge is 0.321 e. The van der Waals surface area contributed by atoms with Crippen molar-refractivity contribution in [1.29, 1.82) is 0 Å². The molecule has 0 atom stereocenters. The third-order valence-corrected chi connectivity index (χ3v) is 2.32. The number of urea groups is 1. The molecule has 1 heterocycles. The molecule has 0 fully saturated rings. The highest BCUT2D eigenvalue weighted by Gasteiger charge is 2.16. The number of nitrogens with zero attached hydrogens (tertiary/aromatic N) is 3. The van der Waals surface area contributed by atoms with Gasteiger partial charge in [0.15, 0.2) is 0 Å². The third-order valence-electron chi connectivity index (χ3n) is 2.32. The number of rotatable bonds is 5. The van der Waals surface area contributed by atoms with E-state index in [1.54, 1.807) is 6.20 Å². The topological polar surface area (TPSA) is 101 Å². The SMILES string of the molecule is CC(C)NCc1cn(CC(=O)NC(=O)NC(C)(C)C)nn1. The first-order valence-electron chi connectivity index (χ1n) is 6.90. The van der Waals surface area contributed by atoms with Gasteiger partial charge in [0.1, 0.15) is 6.54 Å². The van der Waals surface area contributed by atoms with Gasteiger partial charge < -0.3 is 10.6 Å². The molecule has 118 valence electrons. The van der Waals surface area contributed by atoms with Gasteiger partial charge in [0, 0.05) is 18.1 Å². The minimum Gasteiger partial charge on any atom is -0.333 e. The predicted molar refractivity (Wildman–Crippen MR) is 78.4 cm³/mol. The second-order valence-corrected chi connectivity index (χ2v) is 6.20. The van der Waals surface area contributed by atoms with E-state index in [9.17, 15) is 9.59 Å². The summed E-state index contributed by atoms with van der Waals surface area (Å²) < 4.78 is 1.40. The molecule has 0 aliphatic carbocycles. The molecule has 3 amide bonds. The number of aromatic nitrogens is 3. The van der Waals surface area contributed by atoms with Crippen molar-refractivity contribution in [2.45, 2.75) is 59.3 Å². The van der Waals surface area contributed by atoms with E-state index in [-0.39, 0.29) is 6.54 Å². The second kappa shape index (κ2) is 7.16. The molecule has 0 unspecified atom stereocenters. The van der Waals surface area contributed by atoms with Crippen LogP contribution in [0.1, 0.15) is 40.3 Å². The molecule has 1 aromatic rings. The molecule has 1 rings (SSSR count). The Morgan fingerprint density at radius 1 is 1.33 bits per heavy atom. The molecule has 0 saturated carbocycles. The Bertz CT molecular complexity index is 489. The lowest BCUT2D eigenvalue weighted by atomic mass is 10.1. The van der Waals surface area contributed by atoms with E-state index >= 15 is 0 Å². The minimum absolute atomic E-state index is 0.0494. The fraction of sp³-hybridized carbons (Fsp3) is 0.692. The lowest BCUT2D eigenvalue weighted by molar-refractivity contribution is -0.120. The highest BCUT2D eigenvalue weighted by Crippen LogP contribution is 1.97. The number of hydrogen-bond donors (Lipinski definition) is 3. The van der Waals surface area contributed by atoms with Crippen molar-refractivity contribution < 1.29 is 9.59 Å². The number of hydrogen-bond acceptors (Lipinski definition) is 5. The first-order chi connectivity index (χ1) is 9.65. The van der Waals surface area contributed by atoms with E-state index in [1.807, 2.05) is 34.6 Å². The van der Waals surface area contributed by atoms with Crippen LogP contribution in [0, 0.1) is 0 Å². The van der Waals surface area contributed by atoms with Gasteiger partial charge in [-0.05, 0) is 20.8 Å². The Morgan fingerprint density at radius 3 is 2.57 bits per heavy atom. The first-order valence-corrected chi connectivity index (χ1v) is 6.90. The molecule has 0 aliphatic rings. The molecule has 21 heavy (non-hydrogen) atoms. The van der Waals surface area contributed by atoms with Crippen LogP contribution in [-0.2, 0) is 17.9 Å². The average molecular weight is 296 g/mol. The van der Waals surface area contributed by atoms with Crippen LogP contribution in [0.4, 0.5) is 4.79 Å². The minimum atomic E-state index is -0.519. The van der Waals surface area contributed by atoms with Gasteiger partial charge in [-0.25, -0.2) is 9.48 Å². The highest BCUT2D eigenvalue weighted by atomic mass is 16.2. The third kappa shape index (κ3) is 7.40. The number of imide groups is 1. The van der Waals surface area contributed by atoms with Gasteiger partial charge in [-0.2, -0.15) is 0 Å². The molecular formula is C13H24N6O2. The summed E-state index contributed by atoms with van der Waals surface area (Å²) in [5.41, 5.74) is 0.350. The van der Waals surface area contributed by atoms with E-state index < -0.39 is 17.5 Å². The van der Waals surface area contributed by atoms with Gasteiger partial charge in [-0.15, -0.1) is 5.10 Å². The normalized spacial score (nSPS) is 11.5. The number of nitrogens with one attached hydrogen (secondary N) is 3. The van der Waals surface area contributed by atoms with Gasteiger partial charge >= 0.3 is 6.03 Å². The van der Waals surface area contributed by atoms with Crippen molar-refractivity contribution in [2.75, 3.05) is 0 Å². The fourth-order valence-electron chi connectivity index (χ4n) is 1.49. The van der Waals surface area contributed by atoms with Gasteiger partial charge in [0.2, 0.25) is 5.91 Å². The maximum absolute atomic E-state index is 11.7. The molecule has 8 heteroatoms. The van der Waals surface area contributed by atoms with Gasteiger partial charge in [-0.1, -0.05) is 19.1 Å². The van der Waals surface area contributed by atoms with Gasteiger partial charge in [0.05, 0.1) is 11.9 Å². The Hall–Kier alpha value is -1.96. The van der Waals surface area contributed by atoms with Crippen molar-refractivity contribution in [1.82, 2.24) is 30.9 Å². The molecule has 0 aromatic carbocycles. The average Bonchev–Trinajstić information content (AvgIpc) is 2.70. The monoisotopic (exact) mass is 296 g/mol. The van der Waals surface area contributed by atoms with Crippen LogP contribution in [-0.4, -0.2) is 38.5 Å². The van der Waals surface area contributed by atoms with E-state index in [0.29, 0.717) is 12.6 Å². The van der Waals surface area contributed by atoms with Crippen LogP contribution in [0.5, 0.6) is 0 Å². The highest BCUT2D eigenvalue weighted by molar-refractivity contribution is 5.94.